The molecule has 0 unspecified atom stereocenters. The van der Waals surface area contributed by atoms with Crippen LogP contribution in [0.5, 0.6) is 0 Å². The lowest BCUT2D eigenvalue weighted by molar-refractivity contribution is 0.539. The number of hydrogen-bond acceptors (Lipinski definition) is 0. The Bertz CT molecular complexity index is 302. The van der Waals surface area contributed by atoms with Crippen molar-refractivity contribution < 1.29 is 8.78 Å². The Morgan fingerprint density at radius 3 is 2.55 bits per heavy atom. The molecule has 58 valence electrons. The van der Waals surface area contributed by atoms with Gasteiger partial charge in [-0.05, 0) is 37.0 Å². The minimum atomic E-state index is -0.416. The van der Waals surface area contributed by atoms with E-state index in [0.29, 0.717) is 5.56 Å². The van der Waals surface area contributed by atoms with Gasteiger partial charge in [0.15, 0.2) is 0 Å². The number of benzene rings is 1. The maximum Gasteiger partial charge on any atom is 0.132 e. The van der Waals surface area contributed by atoms with Crippen LogP contribution in [0.3, 0.4) is 0 Å². The molecule has 0 saturated heterocycles. The Morgan fingerprint density at radius 2 is 2.00 bits per heavy atom. The largest absolute Gasteiger partial charge is 0.207 e. The third kappa shape index (κ3) is 0.785. The number of aryl methyl sites for hydroxylation is 1. The normalized spacial score (nSPS) is 14.1. The molecule has 0 aliphatic heterocycles. The minimum absolute atomic E-state index is 0.156. The summed E-state index contributed by atoms with van der Waals surface area (Å²) in [5.74, 6) is -0.757. The average Bonchev–Trinajstić information content (AvgIpc) is 1.93. The summed E-state index contributed by atoms with van der Waals surface area (Å²) in [6.45, 7) is 1.48. The van der Waals surface area contributed by atoms with E-state index in [1.54, 1.807) is 0 Å². The molecular formula is C9H8F2. The third-order valence-electron chi connectivity index (χ3n) is 2.29. The van der Waals surface area contributed by atoms with E-state index in [2.05, 4.69) is 0 Å². The quantitative estimate of drug-likeness (QED) is 0.538. The molecule has 1 aliphatic rings. The van der Waals surface area contributed by atoms with E-state index < -0.39 is 5.82 Å². The van der Waals surface area contributed by atoms with Crippen molar-refractivity contribution in [1.82, 2.24) is 0 Å². The van der Waals surface area contributed by atoms with Gasteiger partial charge in [0.25, 0.3) is 0 Å². The van der Waals surface area contributed by atoms with Crippen LogP contribution < -0.4 is 0 Å². The summed E-state index contributed by atoms with van der Waals surface area (Å²) < 4.78 is 25.9. The van der Waals surface area contributed by atoms with Gasteiger partial charge in [-0.1, -0.05) is 0 Å². The first-order valence-electron chi connectivity index (χ1n) is 3.66. The van der Waals surface area contributed by atoms with E-state index >= 15 is 0 Å². The van der Waals surface area contributed by atoms with Gasteiger partial charge in [0, 0.05) is 5.56 Å². The smallest absolute Gasteiger partial charge is 0.132 e. The van der Waals surface area contributed by atoms with E-state index in [4.69, 9.17) is 0 Å². The molecule has 0 atom stereocenters. The van der Waals surface area contributed by atoms with Gasteiger partial charge in [0.05, 0.1) is 0 Å². The summed E-state index contributed by atoms with van der Waals surface area (Å²) in [7, 11) is 0. The topological polar surface area (TPSA) is 0 Å². The highest BCUT2D eigenvalue weighted by atomic mass is 19.1. The molecule has 0 N–H and O–H groups in total. The number of hydrogen-bond donors (Lipinski definition) is 0. The SMILES string of the molecule is Cc1c(F)cc2c(c1F)CC2. The molecule has 1 aliphatic carbocycles. The number of fused-ring (bicyclic) bond motifs is 1. The van der Waals surface area contributed by atoms with Crippen LogP contribution in [0.1, 0.15) is 16.7 Å². The second-order valence-corrected chi connectivity index (χ2v) is 2.94. The molecule has 0 nitrogen and oxygen atoms in total. The van der Waals surface area contributed by atoms with Gasteiger partial charge in [-0.15, -0.1) is 0 Å². The third-order valence-corrected chi connectivity index (χ3v) is 2.29. The zero-order chi connectivity index (χ0) is 8.01. The Kier molecular flexibility index (Phi) is 1.25. The molecule has 2 rings (SSSR count). The van der Waals surface area contributed by atoms with Crippen LogP contribution >= 0.6 is 0 Å². The molecule has 1 aromatic rings. The monoisotopic (exact) mass is 154 g/mol. The van der Waals surface area contributed by atoms with Crippen LogP contribution in [0.4, 0.5) is 8.78 Å². The Hall–Kier alpha value is -0.920. The lowest BCUT2D eigenvalue weighted by atomic mass is 9.86. The van der Waals surface area contributed by atoms with Gasteiger partial charge in [0.2, 0.25) is 0 Å². The van der Waals surface area contributed by atoms with Crippen molar-refractivity contribution in [2.24, 2.45) is 0 Å². The fourth-order valence-electron chi connectivity index (χ4n) is 1.40. The van der Waals surface area contributed by atoms with Crippen molar-refractivity contribution in [3.63, 3.8) is 0 Å². The summed E-state index contributed by atoms with van der Waals surface area (Å²) in [6, 6.07) is 1.44. The molecule has 0 radical (unpaired) electrons. The molecule has 0 saturated carbocycles. The Labute approximate surface area is 63.9 Å². The standard InChI is InChI=1S/C9H8F2/c1-5-8(10)4-6-2-3-7(6)9(5)11/h4H,2-3H2,1H3. The van der Waals surface area contributed by atoms with Crippen molar-refractivity contribution in [3.05, 3.63) is 34.4 Å². The van der Waals surface area contributed by atoms with Crippen LogP contribution in [-0.4, -0.2) is 0 Å². The first-order chi connectivity index (χ1) is 5.20. The van der Waals surface area contributed by atoms with Gasteiger partial charge in [0.1, 0.15) is 11.6 Å². The van der Waals surface area contributed by atoms with Crippen molar-refractivity contribution in [1.29, 1.82) is 0 Å². The number of rotatable bonds is 0. The molecule has 0 bridgehead atoms. The second kappa shape index (κ2) is 2.03. The van der Waals surface area contributed by atoms with Crippen molar-refractivity contribution >= 4 is 0 Å². The molecule has 0 aromatic heterocycles. The average molecular weight is 154 g/mol. The summed E-state index contributed by atoms with van der Waals surface area (Å²) >= 11 is 0. The van der Waals surface area contributed by atoms with Gasteiger partial charge in [-0.3, -0.25) is 0 Å². The summed E-state index contributed by atoms with van der Waals surface area (Å²) in [5, 5.41) is 0. The highest BCUT2D eigenvalue weighted by Gasteiger charge is 2.21. The van der Waals surface area contributed by atoms with E-state index in [1.165, 1.54) is 13.0 Å². The van der Waals surface area contributed by atoms with Gasteiger partial charge < -0.3 is 0 Å². The zero-order valence-electron chi connectivity index (χ0n) is 6.25. The van der Waals surface area contributed by atoms with Crippen molar-refractivity contribution in [3.8, 4) is 0 Å². The van der Waals surface area contributed by atoms with Gasteiger partial charge >= 0.3 is 0 Å². The molecule has 0 heterocycles. The summed E-state index contributed by atoms with van der Waals surface area (Å²) in [6.07, 6.45) is 1.59. The van der Waals surface area contributed by atoms with Crippen LogP contribution in [-0.2, 0) is 12.8 Å². The molecule has 11 heavy (non-hydrogen) atoms. The van der Waals surface area contributed by atoms with Crippen LogP contribution in [0.15, 0.2) is 6.07 Å². The van der Waals surface area contributed by atoms with E-state index in [1.807, 2.05) is 0 Å². The highest BCUT2D eigenvalue weighted by Crippen LogP contribution is 2.29. The lowest BCUT2D eigenvalue weighted by Crippen LogP contribution is -2.13. The molecule has 2 heteroatoms. The second-order valence-electron chi connectivity index (χ2n) is 2.94. The molecule has 0 fully saturated rings. The molecule has 0 spiro atoms. The maximum atomic E-state index is 13.1. The van der Waals surface area contributed by atoms with Crippen LogP contribution in [0.25, 0.3) is 0 Å². The Morgan fingerprint density at radius 1 is 1.27 bits per heavy atom. The predicted molar refractivity (Wildman–Crippen MR) is 38.5 cm³/mol. The predicted octanol–water partition coefficient (Wildman–Crippen LogP) is 2.37. The van der Waals surface area contributed by atoms with Crippen LogP contribution in [0.2, 0.25) is 0 Å². The zero-order valence-corrected chi connectivity index (χ0v) is 6.25. The minimum Gasteiger partial charge on any atom is -0.207 e. The van der Waals surface area contributed by atoms with Gasteiger partial charge in [-0.2, -0.15) is 0 Å². The number of halogens is 2. The Balaban J connectivity index is 2.70. The maximum absolute atomic E-state index is 13.1. The fourth-order valence-corrected chi connectivity index (χ4v) is 1.40. The lowest BCUT2D eigenvalue weighted by Gasteiger charge is -2.20. The molecule has 1 aromatic carbocycles. The highest BCUT2D eigenvalue weighted by molar-refractivity contribution is 5.40. The van der Waals surface area contributed by atoms with Crippen molar-refractivity contribution in [2.75, 3.05) is 0 Å². The van der Waals surface area contributed by atoms with E-state index in [-0.39, 0.29) is 11.4 Å². The first-order valence-corrected chi connectivity index (χ1v) is 3.66. The molecule has 0 amide bonds. The van der Waals surface area contributed by atoms with Crippen molar-refractivity contribution in [2.45, 2.75) is 19.8 Å². The van der Waals surface area contributed by atoms with E-state index in [9.17, 15) is 8.78 Å². The summed E-state index contributed by atoms with van der Waals surface area (Å²) in [4.78, 5) is 0. The van der Waals surface area contributed by atoms with Crippen LogP contribution in [0, 0.1) is 18.6 Å². The summed E-state index contributed by atoms with van der Waals surface area (Å²) in [5.41, 5.74) is 1.71. The molecular weight excluding hydrogens is 146 g/mol. The van der Waals surface area contributed by atoms with Gasteiger partial charge in [-0.25, -0.2) is 8.78 Å². The van der Waals surface area contributed by atoms with E-state index in [0.717, 1.165) is 18.4 Å². The first kappa shape index (κ1) is 6.77. The fraction of sp³-hybridized carbons (Fsp3) is 0.333.